The molecule has 2 heterocycles. The molecule has 0 atom stereocenters. The highest BCUT2D eigenvalue weighted by atomic mass is 79.9. The largest absolute Gasteiger partial charge is 0.378 e. The molecule has 0 spiro atoms. The van der Waals surface area contributed by atoms with Crippen LogP contribution in [0.25, 0.3) is 0 Å². The quantitative estimate of drug-likeness (QED) is 0.681. The fraction of sp³-hybridized carbons (Fsp3) is 0.667. The molecule has 1 aromatic rings. The third-order valence-electron chi connectivity index (χ3n) is 3.05. The van der Waals surface area contributed by atoms with Crippen molar-refractivity contribution in [1.82, 2.24) is 15.3 Å². The molecule has 0 radical (unpaired) electrons. The van der Waals surface area contributed by atoms with E-state index in [1.54, 1.807) is 0 Å². The summed E-state index contributed by atoms with van der Waals surface area (Å²) in [7, 11) is 0. The molecule has 3 N–H and O–H groups in total. The highest BCUT2D eigenvalue weighted by Gasteiger charge is 2.12. The van der Waals surface area contributed by atoms with Gasteiger partial charge in [0.2, 0.25) is 0 Å². The van der Waals surface area contributed by atoms with E-state index in [2.05, 4.69) is 36.5 Å². The van der Waals surface area contributed by atoms with Crippen molar-refractivity contribution in [3.63, 3.8) is 0 Å². The second-order valence-electron chi connectivity index (χ2n) is 4.49. The second-order valence-corrected chi connectivity index (χ2v) is 5.29. The van der Waals surface area contributed by atoms with E-state index in [4.69, 9.17) is 4.74 Å². The average molecular weight is 331 g/mol. The summed E-state index contributed by atoms with van der Waals surface area (Å²) in [5.74, 6) is 0.575. The van der Waals surface area contributed by atoms with E-state index in [0.717, 1.165) is 45.5 Å². The predicted octanol–water partition coefficient (Wildman–Crippen LogP) is 1.10. The highest BCUT2D eigenvalue weighted by Crippen LogP contribution is 2.13. The van der Waals surface area contributed by atoms with Crippen LogP contribution in [0.4, 0.5) is 5.82 Å². The third kappa shape index (κ3) is 4.59. The van der Waals surface area contributed by atoms with E-state index in [1.807, 2.05) is 0 Å². The fourth-order valence-corrected chi connectivity index (χ4v) is 2.35. The van der Waals surface area contributed by atoms with E-state index in [1.165, 1.54) is 6.33 Å². The van der Waals surface area contributed by atoms with Gasteiger partial charge in [-0.15, -0.1) is 0 Å². The van der Waals surface area contributed by atoms with Crippen molar-refractivity contribution < 1.29 is 4.74 Å². The van der Waals surface area contributed by atoms with Gasteiger partial charge in [-0.1, -0.05) is 0 Å². The van der Waals surface area contributed by atoms with Gasteiger partial charge in [-0.2, -0.15) is 0 Å². The first-order valence-electron chi connectivity index (χ1n) is 6.57. The Kier molecular flexibility index (Phi) is 5.81. The summed E-state index contributed by atoms with van der Waals surface area (Å²) >= 11 is 3.20. The van der Waals surface area contributed by atoms with E-state index in [0.29, 0.717) is 16.4 Å². The van der Waals surface area contributed by atoms with Crippen molar-refractivity contribution in [2.75, 3.05) is 31.6 Å². The summed E-state index contributed by atoms with van der Waals surface area (Å²) in [5, 5.41) is 6.43. The molecule has 2 rings (SSSR count). The van der Waals surface area contributed by atoms with Crippen LogP contribution in [-0.2, 0) is 4.74 Å². The maximum atomic E-state index is 11.3. The number of aromatic amines is 1. The van der Waals surface area contributed by atoms with Gasteiger partial charge in [0.15, 0.2) is 0 Å². The van der Waals surface area contributed by atoms with Crippen molar-refractivity contribution in [3.05, 3.63) is 21.2 Å². The molecule has 1 aromatic heterocycles. The number of piperidine rings is 1. The molecule has 7 heteroatoms. The first-order valence-corrected chi connectivity index (χ1v) is 7.36. The SMILES string of the molecule is O=c1[nH]cnc(NCCCOC2CCNCC2)c1Br. The van der Waals surface area contributed by atoms with Crippen LogP contribution in [0, 0.1) is 0 Å². The molecule has 0 amide bonds. The number of hydrogen-bond donors (Lipinski definition) is 3. The molecule has 106 valence electrons. The second kappa shape index (κ2) is 7.62. The van der Waals surface area contributed by atoms with Crippen molar-refractivity contribution in [2.45, 2.75) is 25.4 Å². The maximum Gasteiger partial charge on any atom is 0.267 e. The van der Waals surface area contributed by atoms with Gasteiger partial charge in [0.25, 0.3) is 5.56 Å². The van der Waals surface area contributed by atoms with Crippen molar-refractivity contribution in [3.8, 4) is 0 Å². The lowest BCUT2D eigenvalue weighted by Gasteiger charge is -2.22. The molecule has 6 nitrogen and oxygen atoms in total. The van der Waals surface area contributed by atoms with Crippen LogP contribution in [0.2, 0.25) is 0 Å². The summed E-state index contributed by atoms with van der Waals surface area (Å²) in [6, 6.07) is 0. The number of nitrogens with one attached hydrogen (secondary N) is 3. The first kappa shape index (κ1) is 14.5. The Balaban J connectivity index is 1.63. The molecule has 1 aliphatic rings. The first-order chi connectivity index (χ1) is 9.27. The summed E-state index contributed by atoms with van der Waals surface area (Å²) in [5.41, 5.74) is -0.177. The van der Waals surface area contributed by atoms with Gasteiger partial charge in [0.1, 0.15) is 10.3 Å². The Morgan fingerprint density at radius 1 is 1.47 bits per heavy atom. The van der Waals surface area contributed by atoms with Gasteiger partial charge in [-0.3, -0.25) is 4.79 Å². The number of halogens is 1. The van der Waals surface area contributed by atoms with Gasteiger partial charge in [0, 0.05) is 13.2 Å². The number of aromatic nitrogens is 2. The van der Waals surface area contributed by atoms with Crippen LogP contribution < -0.4 is 16.2 Å². The van der Waals surface area contributed by atoms with Crippen molar-refractivity contribution in [2.24, 2.45) is 0 Å². The molecular formula is C12H19BrN4O2. The Morgan fingerprint density at radius 2 is 2.26 bits per heavy atom. The maximum absolute atomic E-state index is 11.3. The van der Waals surface area contributed by atoms with Crippen LogP contribution in [0.15, 0.2) is 15.6 Å². The Labute approximate surface area is 120 Å². The van der Waals surface area contributed by atoms with Crippen LogP contribution in [0.5, 0.6) is 0 Å². The molecule has 0 unspecified atom stereocenters. The van der Waals surface area contributed by atoms with Crippen LogP contribution in [0.1, 0.15) is 19.3 Å². The van der Waals surface area contributed by atoms with Crippen LogP contribution in [-0.4, -0.2) is 42.3 Å². The number of hydrogen-bond acceptors (Lipinski definition) is 5. The highest BCUT2D eigenvalue weighted by molar-refractivity contribution is 9.10. The van der Waals surface area contributed by atoms with E-state index >= 15 is 0 Å². The standard InChI is InChI=1S/C12H19BrN4O2/c13-10-11(16-8-17-12(10)18)15-4-1-7-19-9-2-5-14-6-3-9/h8-9,14H,1-7H2,(H2,15,16,17,18). The summed E-state index contributed by atoms with van der Waals surface area (Å²) in [6.45, 7) is 3.57. The van der Waals surface area contributed by atoms with E-state index < -0.39 is 0 Å². The minimum atomic E-state index is -0.177. The van der Waals surface area contributed by atoms with Crippen molar-refractivity contribution >= 4 is 21.7 Å². The molecule has 19 heavy (non-hydrogen) atoms. The summed E-state index contributed by atoms with van der Waals surface area (Å²) in [6.07, 6.45) is 4.86. The fourth-order valence-electron chi connectivity index (χ4n) is 2.00. The van der Waals surface area contributed by atoms with Crippen molar-refractivity contribution in [1.29, 1.82) is 0 Å². The number of nitrogens with zero attached hydrogens (tertiary/aromatic N) is 1. The van der Waals surface area contributed by atoms with Gasteiger partial charge >= 0.3 is 0 Å². The molecule has 1 aliphatic heterocycles. The van der Waals surface area contributed by atoms with Crippen LogP contribution in [0.3, 0.4) is 0 Å². The smallest absolute Gasteiger partial charge is 0.267 e. The molecule has 1 saturated heterocycles. The molecule has 0 aromatic carbocycles. The van der Waals surface area contributed by atoms with E-state index in [9.17, 15) is 4.79 Å². The lowest BCUT2D eigenvalue weighted by Crippen LogP contribution is -2.32. The lowest BCUT2D eigenvalue weighted by molar-refractivity contribution is 0.0329. The number of H-pyrrole nitrogens is 1. The molecule has 1 fully saturated rings. The zero-order valence-electron chi connectivity index (χ0n) is 10.7. The Hall–Kier alpha value is -0.920. The summed E-state index contributed by atoms with van der Waals surface area (Å²) in [4.78, 5) is 17.9. The number of rotatable bonds is 6. The van der Waals surface area contributed by atoms with E-state index in [-0.39, 0.29) is 5.56 Å². The molecule has 0 aliphatic carbocycles. The van der Waals surface area contributed by atoms with Gasteiger partial charge < -0.3 is 20.4 Å². The van der Waals surface area contributed by atoms with Gasteiger partial charge in [0.05, 0.1) is 12.4 Å². The lowest BCUT2D eigenvalue weighted by atomic mass is 10.1. The topological polar surface area (TPSA) is 79.0 Å². The Morgan fingerprint density at radius 3 is 3.05 bits per heavy atom. The molecular weight excluding hydrogens is 312 g/mol. The minimum Gasteiger partial charge on any atom is -0.378 e. The molecule has 0 bridgehead atoms. The minimum absolute atomic E-state index is 0.177. The average Bonchev–Trinajstić information content (AvgIpc) is 2.44. The zero-order chi connectivity index (χ0) is 13.5. The Bertz CT molecular complexity index is 446. The monoisotopic (exact) mass is 330 g/mol. The molecule has 0 saturated carbocycles. The zero-order valence-corrected chi connectivity index (χ0v) is 12.3. The normalized spacial score (nSPS) is 16.5. The third-order valence-corrected chi connectivity index (χ3v) is 3.79. The van der Waals surface area contributed by atoms with Gasteiger partial charge in [-0.05, 0) is 48.3 Å². The van der Waals surface area contributed by atoms with Gasteiger partial charge in [-0.25, -0.2) is 4.98 Å². The number of ether oxygens (including phenoxy) is 1. The number of anilines is 1. The summed E-state index contributed by atoms with van der Waals surface area (Å²) < 4.78 is 6.23. The van der Waals surface area contributed by atoms with Crippen LogP contribution >= 0.6 is 15.9 Å². The predicted molar refractivity (Wildman–Crippen MR) is 77.5 cm³/mol.